The van der Waals surface area contributed by atoms with E-state index >= 15 is 0 Å². The summed E-state index contributed by atoms with van der Waals surface area (Å²) in [5.41, 5.74) is -1.65. The maximum absolute atomic E-state index is 12.1. The Labute approximate surface area is 145 Å². The average molecular weight is 369 g/mol. The smallest absolute Gasteiger partial charge is 0.330 e. The molecule has 2 saturated heterocycles. The Hall–Kier alpha value is -1.56. The number of hydrogen-bond donors (Lipinski definition) is 1. The fourth-order valence-electron chi connectivity index (χ4n) is 3.18. The second-order valence-corrected chi connectivity index (χ2v) is 7.73. The van der Waals surface area contributed by atoms with Crippen molar-refractivity contribution in [2.75, 3.05) is 26.2 Å². The van der Waals surface area contributed by atoms with Crippen LogP contribution in [0.4, 0.5) is 0 Å². The van der Waals surface area contributed by atoms with Crippen molar-refractivity contribution in [3.63, 3.8) is 0 Å². The molecule has 25 heavy (non-hydrogen) atoms. The molecule has 0 spiro atoms. The zero-order valence-corrected chi connectivity index (χ0v) is 14.9. The Kier molecular flexibility index (Phi) is 5.37. The molecule has 0 radical (unpaired) electrons. The number of ether oxygens (including phenoxy) is 3. The maximum atomic E-state index is 12.1. The van der Waals surface area contributed by atoms with Gasteiger partial charge in [0.1, 0.15) is 24.4 Å². The highest BCUT2D eigenvalue weighted by molar-refractivity contribution is 7.51. The molecule has 0 aliphatic carbocycles. The first-order valence-electron chi connectivity index (χ1n) is 7.94. The molecule has 136 valence electrons. The molecule has 1 aromatic heterocycles. The van der Waals surface area contributed by atoms with Crippen LogP contribution in [0.25, 0.3) is 0 Å². The molecule has 2 unspecified atom stereocenters. The summed E-state index contributed by atoms with van der Waals surface area (Å²) in [6.45, 7) is 4.29. The number of hydrogen-bond acceptors (Lipinski definition) is 7. The molecule has 0 saturated carbocycles. The van der Waals surface area contributed by atoms with Crippen LogP contribution in [-0.4, -0.2) is 53.6 Å². The molecule has 2 aliphatic rings. The third kappa shape index (κ3) is 3.41. The third-order valence-electron chi connectivity index (χ3n) is 4.43. The van der Waals surface area contributed by atoms with Gasteiger partial charge in [-0.05, 0) is 13.1 Å². The van der Waals surface area contributed by atoms with Crippen molar-refractivity contribution >= 4 is 8.15 Å². The van der Waals surface area contributed by atoms with Gasteiger partial charge in [-0.3, -0.25) is 14.3 Å². The van der Waals surface area contributed by atoms with Crippen molar-refractivity contribution < 1.29 is 18.7 Å². The SMILES string of the molecule is CC[C@]12COC([C@H](n3ccc(=O)[nH]c3=O)O1)[C@H]2OP(C)COCC#N. The predicted molar refractivity (Wildman–Crippen MR) is 88.4 cm³/mol. The fourth-order valence-corrected chi connectivity index (χ4v) is 4.29. The van der Waals surface area contributed by atoms with Crippen molar-refractivity contribution in [1.29, 1.82) is 5.26 Å². The number of H-pyrrole nitrogens is 1. The van der Waals surface area contributed by atoms with E-state index in [0.29, 0.717) is 19.4 Å². The monoisotopic (exact) mass is 369 g/mol. The van der Waals surface area contributed by atoms with E-state index in [1.54, 1.807) is 0 Å². The molecular formula is C15H20N3O6P. The number of rotatable bonds is 7. The molecule has 1 N–H and O–H groups in total. The van der Waals surface area contributed by atoms with Crippen LogP contribution in [0.2, 0.25) is 0 Å². The summed E-state index contributed by atoms with van der Waals surface area (Å²) in [5, 5.41) is 8.54. The highest BCUT2D eigenvalue weighted by atomic mass is 31.1. The van der Waals surface area contributed by atoms with Crippen LogP contribution in [0, 0.1) is 11.3 Å². The lowest BCUT2D eigenvalue weighted by atomic mass is 9.96. The molecule has 3 heterocycles. The second kappa shape index (κ2) is 7.36. The zero-order chi connectivity index (χ0) is 18.0. The number of nitriles is 1. The molecule has 10 heteroatoms. The van der Waals surface area contributed by atoms with Gasteiger partial charge in [0.2, 0.25) is 0 Å². The lowest BCUT2D eigenvalue weighted by Gasteiger charge is -2.31. The largest absolute Gasteiger partial charge is 0.368 e. The first-order chi connectivity index (χ1) is 12.0. The number of aromatic nitrogens is 2. The highest BCUT2D eigenvalue weighted by Crippen LogP contribution is 2.52. The number of nitrogens with one attached hydrogen (secondary N) is 1. The Morgan fingerprint density at radius 3 is 3.04 bits per heavy atom. The summed E-state index contributed by atoms with van der Waals surface area (Å²) in [5.74, 6) is 0. The second-order valence-electron chi connectivity index (χ2n) is 6.01. The topological polar surface area (TPSA) is 116 Å². The molecular weight excluding hydrogens is 349 g/mol. The molecule has 1 aromatic rings. The van der Waals surface area contributed by atoms with Gasteiger partial charge in [0.05, 0.1) is 27.2 Å². The fraction of sp³-hybridized carbons (Fsp3) is 0.667. The quantitative estimate of drug-likeness (QED) is 0.550. The van der Waals surface area contributed by atoms with Gasteiger partial charge in [0.15, 0.2) is 6.23 Å². The number of nitrogens with zero attached hydrogens (tertiary/aromatic N) is 2. The van der Waals surface area contributed by atoms with E-state index in [2.05, 4.69) is 4.98 Å². The van der Waals surface area contributed by atoms with E-state index in [1.165, 1.54) is 16.8 Å². The van der Waals surface area contributed by atoms with Crippen LogP contribution in [0.1, 0.15) is 19.6 Å². The van der Waals surface area contributed by atoms with E-state index in [4.69, 9.17) is 24.0 Å². The summed E-state index contributed by atoms with van der Waals surface area (Å²) >= 11 is 0. The molecule has 3 rings (SSSR count). The minimum absolute atomic E-state index is 0.0193. The van der Waals surface area contributed by atoms with E-state index in [0.717, 1.165) is 0 Å². The van der Waals surface area contributed by atoms with Crippen molar-refractivity contribution in [3.8, 4) is 6.07 Å². The Morgan fingerprint density at radius 2 is 2.36 bits per heavy atom. The van der Waals surface area contributed by atoms with Gasteiger partial charge in [-0.15, -0.1) is 0 Å². The summed E-state index contributed by atoms with van der Waals surface area (Å²) < 4.78 is 24.7. The van der Waals surface area contributed by atoms with Crippen LogP contribution in [0.15, 0.2) is 21.9 Å². The third-order valence-corrected chi connectivity index (χ3v) is 5.56. The van der Waals surface area contributed by atoms with Crippen LogP contribution >= 0.6 is 8.15 Å². The Morgan fingerprint density at radius 1 is 1.56 bits per heavy atom. The normalized spacial score (nSPS) is 31.8. The summed E-state index contributed by atoms with van der Waals surface area (Å²) in [6.07, 6.45) is 0.945. The van der Waals surface area contributed by atoms with Gasteiger partial charge < -0.3 is 18.7 Å². The molecule has 0 amide bonds. The molecule has 9 nitrogen and oxygen atoms in total. The van der Waals surface area contributed by atoms with E-state index < -0.39 is 37.3 Å². The first-order valence-corrected chi connectivity index (χ1v) is 9.83. The van der Waals surface area contributed by atoms with E-state index in [9.17, 15) is 9.59 Å². The molecule has 2 aliphatic heterocycles. The molecule has 5 atom stereocenters. The summed E-state index contributed by atoms with van der Waals surface area (Å²) in [7, 11) is -0.933. The zero-order valence-electron chi connectivity index (χ0n) is 14.0. The van der Waals surface area contributed by atoms with Crippen LogP contribution < -0.4 is 11.2 Å². The van der Waals surface area contributed by atoms with Crippen molar-refractivity contribution in [3.05, 3.63) is 33.1 Å². The van der Waals surface area contributed by atoms with Gasteiger partial charge in [-0.25, -0.2) is 4.79 Å². The van der Waals surface area contributed by atoms with Gasteiger partial charge >= 0.3 is 5.69 Å². The maximum Gasteiger partial charge on any atom is 0.330 e. The predicted octanol–water partition coefficient (Wildman–Crippen LogP) is 0.523. The first kappa shape index (κ1) is 18.2. The lowest BCUT2D eigenvalue weighted by molar-refractivity contribution is -0.175. The standard InChI is InChI=1S/C15H20N3O6P/c1-3-15-8-22-11(12(15)24-25(2)9-21-7-5-16)13(23-15)18-6-4-10(19)17-14(18)20/h4,6,11-13H,3,7-9H2,1-2H3,(H,17,19,20)/t11?,12-,13-,15-,25?/m1/s1. The van der Waals surface area contributed by atoms with Gasteiger partial charge in [0, 0.05) is 12.3 Å². The van der Waals surface area contributed by atoms with Crippen molar-refractivity contribution in [2.45, 2.75) is 37.4 Å². The van der Waals surface area contributed by atoms with Crippen LogP contribution in [0.5, 0.6) is 0 Å². The molecule has 2 bridgehead atoms. The van der Waals surface area contributed by atoms with Crippen molar-refractivity contribution in [1.82, 2.24) is 9.55 Å². The number of aromatic amines is 1. The minimum Gasteiger partial charge on any atom is -0.368 e. The van der Waals surface area contributed by atoms with Crippen LogP contribution in [0.3, 0.4) is 0 Å². The van der Waals surface area contributed by atoms with Crippen molar-refractivity contribution in [2.24, 2.45) is 0 Å². The van der Waals surface area contributed by atoms with E-state index in [1.807, 2.05) is 19.7 Å². The molecule has 0 aromatic carbocycles. The molecule has 2 fully saturated rings. The van der Waals surface area contributed by atoms with Crippen LogP contribution in [-0.2, 0) is 18.7 Å². The van der Waals surface area contributed by atoms with Gasteiger partial charge in [-0.1, -0.05) is 6.92 Å². The Balaban J connectivity index is 1.79. The Bertz CT molecular complexity index is 774. The summed E-state index contributed by atoms with van der Waals surface area (Å²) in [6, 6.07) is 3.19. The highest BCUT2D eigenvalue weighted by Gasteiger charge is 2.62. The lowest BCUT2D eigenvalue weighted by Crippen LogP contribution is -2.41. The minimum atomic E-state index is -0.933. The van der Waals surface area contributed by atoms with Gasteiger partial charge in [0.25, 0.3) is 5.56 Å². The van der Waals surface area contributed by atoms with Gasteiger partial charge in [-0.2, -0.15) is 5.26 Å². The number of fused-ring (bicyclic) bond motifs is 2. The average Bonchev–Trinajstić information content (AvgIpc) is 3.07. The summed E-state index contributed by atoms with van der Waals surface area (Å²) in [4.78, 5) is 25.6. The van der Waals surface area contributed by atoms with E-state index in [-0.39, 0.29) is 12.7 Å².